The number of nitrogens with two attached hydrogens (primary N) is 1. The van der Waals surface area contributed by atoms with Gasteiger partial charge in [0.25, 0.3) is 0 Å². The number of rotatable bonds is 4. The van der Waals surface area contributed by atoms with Crippen molar-refractivity contribution >= 4 is 27.5 Å². The lowest BCUT2D eigenvalue weighted by Crippen LogP contribution is -2.47. The van der Waals surface area contributed by atoms with E-state index in [-0.39, 0.29) is 11.3 Å². The highest BCUT2D eigenvalue weighted by molar-refractivity contribution is 9.10. The van der Waals surface area contributed by atoms with E-state index >= 15 is 0 Å². The summed E-state index contributed by atoms with van der Waals surface area (Å²) in [5, 5.41) is 2.92. The van der Waals surface area contributed by atoms with Gasteiger partial charge < -0.3 is 15.8 Å². The first-order chi connectivity index (χ1) is 8.61. The molecule has 0 bridgehead atoms. The van der Waals surface area contributed by atoms with E-state index in [1.807, 2.05) is 18.2 Å². The highest BCUT2D eigenvalue weighted by Crippen LogP contribution is 2.41. The number of nitrogens with one attached hydrogen (secondary N) is 1. The Kier molecular flexibility index (Phi) is 3.92. The fourth-order valence-corrected chi connectivity index (χ4v) is 2.52. The van der Waals surface area contributed by atoms with Crippen LogP contribution in [-0.4, -0.2) is 19.6 Å². The van der Waals surface area contributed by atoms with Crippen LogP contribution in [0.5, 0.6) is 5.75 Å². The molecule has 1 aromatic rings. The van der Waals surface area contributed by atoms with E-state index in [0.29, 0.717) is 18.0 Å². The molecular formula is C13H17BrN2O2. The lowest BCUT2D eigenvalue weighted by Gasteiger charge is -2.39. The monoisotopic (exact) mass is 312 g/mol. The minimum Gasteiger partial charge on any atom is -0.495 e. The Balaban J connectivity index is 2.18. The molecule has 0 aromatic heterocycles. The van der Waals surface area contributed by atoms with Gasteiger partial charge in [-0.3, -0.25) is 4.79 Å². The van der Waals surface area contributed by atoms with Crippen molar-refractivity contribution in [2.75, 3.05) is 19.0 Å². The molecule has 1 saturated carbocycles. The summed E-state index contributed by atoms with van der Waals surface area (Å²) < 4.78 is 6.13. The molecule has 4 nitrogen and oxygen atoms in total. The molecule has 0 aliphatic heterocycles. The Hall–Kier alpha value is -1.07. The topological polar surface area (TPSA) is 64.3 Å². The van der Waals surface area contributed by atoms with Crippen molar-refractivity contribution < 1.29 is 9.53 Å². The smallest absolute Gasteiger partial charge is 0.231 e. The zero-order valence-corrected chi connectivity index (χ0v) is 11.9. The number of hydrogen-bond donors (Lipinski definition) is 2. The number of methoxy groups -OCH3 is 1. The maximum atomic E-state index is 12.3. The van der Waals surface area contributed by atoms with E-state index in [0.717, 1.165) is 23.7 Å². The largest absolute Gasteiger partial charge is 0.495 e. The summed E-state index contributed by atoms with van der Waals surface area (Å²) in [5.74, 6) is 0.644. The van der Waals surface area contributed by atoms with E-state index in [1.54, 1.807) is 7.11 Å². The molecule has 5 heteroatoms. The molecule has 2 rings (SSSR count). The van der Waals surface area contributed by atoms with E-state index in [1.165, 1.54) is 0 Å². The van der Waals surface area contributed by atoms with Crippen molar-refractivity contribution in [1.29, 1.82) is 0 Å². The van der Waals surface area contributed by atoms with Crippen molar-refractivity contribution in [1.82, 2.24) is 0 Å². The van der Waals surface area contributed by atoms with E-state index in [2.05, 4.69) is 21.2 Å². The second-order valence-corrected chi connectivity index (χ2v) is 5.55. The standard InChI is InChI=1S/C13H17BrN2O2/c1-18-11-4-3-9(14)7-10(11)16-12(17)13(8-15)5-2-6-13/h3-4,7H,2,5-6,8,15H2,1H3,(H,16,17). The summed E-state index contributed by atoms with van der Waals surface area (Å²) in [6.45, 7) is 0.398. The Morgan fingerprint density at radius 2 is 2.28 bits per heavy atom. The summed E-state index contributed by atoms with van der Waals surface area (Å²) in [4.78, 5) is 12.3. The van der Waals surface area contributed by atoms with Crippen LogP contribution in [0.25, 0.3) is 0 Å². The average Bonchev–Trinajstić information content (AvgIpc) is 2.28. The Bertz CT molecular complexity index is 453. The molecule has 0 saturated heterocycles. The van der Waals surface area contributed by atoms with E-state index in [4.69, 9.17) is 10.5 Å². The van der Waals surface area contributed by atoms with Gasteiger partial charge in [-0.15, -0.1) is 0 Å². The molecule has 1 aliphatic rings. The number of carbonyl (C=O) groups excluding carboxylic acids is 1. The lowest BCUT2D eigenvalue weighted by atomic mass is 9.68. The summed E-state index contributed by atoms with van der Waals surface area (Å²) >= 11 is 3.38. The Labute approximate surface area is 115 Å². The van der Waals surface area contributed by atoms with Gasteiger partial charge in [0.2, 0.25) is 5.91 Å². The first-order valence-electron chi connectivity index (χ1n) is 5.96. The third kappa shape index (κ3) is 2.37. The van der Waals surface area contributed by atoms with Crippen molar-refractivity contribution in [3.05, 3.63) is 22.7 Å². The number of benzene rings is 1. The molecular weight excluding hydrogens is 296 g/mol. The minimum absolute atomic E-state index is 0.00681. The average molecular weight is 313 g/mol. The summed E-state index contributed by atoms with van der Waals surface area (Å²) in [6.07, 6.45) is 2.80. The third-order valence-corrected chi connectivity index (χ3v) is 4.09. The van der Waals surface area contributed by atoms with Crippen LogP contribution >= 0.6 is 15.9 Å². The highest BCUT2D eigenvalue weighted by atomic mass is 79.9. The quantitative estimate of drug-likeness (QED) is 0.898. The molecule has 18 heavy (non-hydrogen) atoms. The lowest BCUT2D eigenvalue weighted by molar-refractivity contribution is -0.129. The summed E-state index contributed by atoms with van der Waals surface area (Å²) in [6, 6.07) is 5.52. The Morgan fingerprint density at radius 3 is 2.78 bits per heavy atom. The minimum atomic E-state index is -0.382. The van der Waals surface area contributed by atoms with Crippen LogP contribution in [0.1, 0.15) is 19.3 Å². The molecule has 1 aliphatic carbocycles. The second-order valence-electron chi connectivity index (χ2n) is 4.64. The number of amides is 1. The zero-order valence-electron chi connectivity index (χ0n) is 10.3. The van der Waals surface area contributed by atoms with Crippen LogP contribution in [0.4, 0.5) is 5.69 Å². The number of ether oxygens (including phenoxy) is 1. The SMILES string of the molecule is COc1ccc(Br)cc1NC(=O)C1(CN)CCC1. The number of carbonyl (C=O) groups is 1. The van der Waals surface area contributed by atoms with Crippen LogP contribution in [0.2, 0.25) is 0 Å². The van der Waals surface area contributed by atoms with E-state index < -0.39 is 0 Å². The van der Waals surface area contributed by atoms with Gasteiger partial charge >= 0.3 is 0 Å². The second kappa shape index (κ2) is 5.28. The van der Waals surface area contributed by atoms with E-state index in [9.17, 15) is 4.79 Å². The fourth-order valence-electron chi connectivity index (χ4n) is 2.16. The van der Waals surface area contributed by atoms with Crippen LogP contribution in [-0.2, 0) is 4.79 Å². The first kappa shape index (κ1) is 13.4. The normalized spacial score (nSPS) is 16.8. The number of halogens is 1. The first-order valence-corrected chi connectivity index (χ1v) is 6.76. The third-order valence-electron chi connectivity index (χ3n) is 3.59. The maximum Gasteiger partial charge on any atom is 0.231 e. The molecule has 98 valence electrons. The van der Waals surface area contributed by atoms with Gasteiger partial charge in [0.15, 0.2) is 0 Å². The molecule has 1 fully saturated rings. The van der Waals surface area contributed by atoms with Gasteiger partial charge in [-0.25, -0.2) is 0 Å². The van der Waals surface area contributed by atoms with Gasteiger partial charge in [-0.1, -0.05) is 22.4 Å². The van der Waals surface area contributed by atoms with Gasteiger partial charge in [0.05, 0.1) is 18.2 Å². The predicted octanol–water partition coefficient (Wildman–Crippen LogP) is 2.53. The summed E-state index contributed by atoms with van der Waals surface area (Å²) in [7, 11) is 1.58. The molecule has 0 heterocycles. The summed E-state index contributed by atoms with van der Waals surface area (Å²) in [5.41, 5.74) is 6.02. The fraction of sp³-hybridized carbons (Fsp3) is 0.462. The number of anilines is 1. The van der Waals surface area contributed by atoms with Gasteiger partial charge in [0.1, 0.15) is 5.75 Å². The predicted molar refractivity (Wildman–Crippen MR) is 74.7 cm³/mol. The Morgan fingerprint density at radius 1 is 1.56 bits per heavy atom. The van der Waals surface area contributed by atoms with Gasteiger partial charge in [0, 0.05) is 11.0 Å². The molecule has 1 aromatic carbocycles. The van der Waals surface area contributed by atoms with Gasteiger partial charge in [-0.2, -0.15) is 0 Å². The zero-order chi connectivity index (χ0) is 13.2. The van der Waals surface area contributed by atoms with Crippen LogP contribution in [0.15, 0.2) is 22.7 Å². The molecule has 0 unspecified atom stereocenters. The molecule has 0 radical (unpaired) electrons. The van der Waals surface area contributed by atoms with Crippen molar-refractivity contribution in [2.45, 2.75) is 19.3 Å². The maximum absolute atomic E-state index is 12.3. The van der Waals surface area contributed by atoms with Gasteiger partial charge in [-0.05, 0) is 31.0 Å². The van der Waals surface area contributed by atoms with Crippen LogP contribution in [0.3, 0.4) is 0 Å². The van der Waals surface area contributed by atoms with Crippen molar-refractivity contribution in [3.63, 3.8) is 0 Å². The molecule has 0 spiro atoms. The molecule has 1 amide bonds. The highest BCUT2D eigenvalue weighted by Gasteiger charge is 2.43. The van der Waals surface area contributed by atoms with Crippen molar-refractivity contribution in [2.24, 2.45) is 11.1 Å². The van der Waals surface area contributed by atoms with Crippen LogP contribution in [0, 0.1) is 5.41 Å². The van der Waals surface area contributed by atoms with Crippen LogP contribution < -0.4 is 15.8 Å². The molecule has 0 atom stereocenters. The number of hydrogen-bond acceptors (Lipinski definition) is 3. The molecule has 3 N–H and O–H groups in total. The van der Waals surface area contributed by atoms with Crippen molar-refractivity contribution in [3.8, 4) is 5.75 Å².